The number of hydrogen-bond acceptors (Lipinski definition) is 5. The second kappa shape index (κ2) is 9.59. The maximum atomic E-state index is 11.4. The molecule has 0 saturated heterocycles. The minimum absolute atomic E-state index is 0.0196. The molecule has 0 heterocycles. The molecule has 0 aromatic carbocycles. The summed E-state index contributed by atoms with van der Waals surface area (Å²) in [5.74, 6) is 3.18. The van der Waals surface area contributed by atoms with Crippen LogP contribution < -0.4 is 5.73 Å². The number of rotatable bonds is 7. The quantitative estimate of drug-likeness (QED) is 0.415. The fourth-order valence-corrected chi connectivity index (χ4v) is 10.1. The first kappa shape index (κ1) is 26.8. The van der Waals surface area contributed by atoms with Crippen LogP contribution in [0.15, 0.2) is 0 Å². The Morgan fingerprint density at radius 2 is 1.62 bits per heavy atom. The summed E-state index contributed by atoms with van der Waals surface area (Å²) >= 11 is 0. The van der Waals surface area contributed by atoms with Crippen molar-refractivity contribution in [1.29, 1.82) is 0 Å². The minimum atomic E-state index is -4.44. The summed E-state index contributed by atoms with van der Waals surface area (Å²) in [6.07, 6.45) is 9.95. The first-order valence-electron chi connectivity index (χ1n) is 13.9. The van der Waals surface area contributed by atoms with Crippen molar-refractivity contribution >= 4 is 10.4 Å². The van der Waals surface area contributed by atoms with Gasteiger partial charge in [0.2, 0.25) is 0 Å². The summed E-state index contributed by atoms with van der Waals surface area (Å²) in [5, 5.41) is 11.4. The molecule has 0 amide bonds. The minimum Gasteiger partial charge on any atom is -0.393 e. The van der Waals surface area contributed by atoms with Gasteiger partial charge in [-0.2, -0.15) is 8.42 Å². The van der Waals surface area contributed by atoms with Crippen molar-refractivity contribution < 1.29 is 22.3 Å². The highest BCUT2D eigenvalue weighted by molar-refractivity contribution is 7.80. The van der Waals surface area contributed by atoms with Crippen molar-refractivity contribution in [3.63, 3.8) is 0 Å². The number of hydrogen-bond donors (Lipinski definition) is 3. The Kier molecular flexibility index (Phi) is 7.57. The van der Waals surface area contributed by atoms with Crippen LogP contribution in [-0.4, -0.2) is 36.3 Å². The number of fused-ring (bicyclic) bond motifs is 5. The summed E-state index contributed by atoms with van der Waals surface area (Å²) in [5.41, 5.74) is 6.89. The molecule has 0 bridgehead atoms. The van der Waals surface area contributed by atoms with E-state index in [1.807, 2.05) is 13.8 Å². The second-order valence-electron chi connectivity index (χ2n) is 13.4. The van der Waals surface area contributed by atoms with Crippen LogP contribution in [0.2, 0.25) is 0 Å². The first-order valence-corrected chi connectivity index (χ1v) is 15.2. The number of aliphatic hydroxyl groups is 1. The Morgan fingerprint density at radius 1 is 0.971 bits per heavy atom. The van der Waals surface area contributed by atoms with Gasteiger partial charge in [0.15, 0.2) is 0 Å². The predicted molar refractivity (Wildman–Crippen MR) is 134 cm³/mol. The molecule has 0 radical (unpaired) electrons. The van der Waals surface area contributed by atoms with Crippen LogP contribution in [0.1, 0.15) is 98.8 Å². The third-order valence-electron chi connectivity index (χ3n) is 11.4. The van der Waals surface area contributed by atoms with Crippen molar-refractivity contribution in [2.75, 3.05) is 0 Å². The van der Waals surface area contributed by atoms with E-state index < -0.39 is 16.5 Å². The Morgan fingerprint density at radius 3 is 2.26 bits per heavy atom. The standard InChI is InChI=1S/C27H49NO5S/c1-16(2)24(33-34(30,31)32)9-6-17(3)20-7-8-21-25-22(11-13-27(20,21)5)26(4)12-10-19(28)14-18(26)15-23(25)29/h16-25,29H,6-15,28H2,1-5H3,(H,30,31,32)/t17-,18-,19?,20-,21?,22?,23-,24-,25?,26+,27-/m1/s1. The van der Waals surface area contributed by atoms with Gasteiger partial charge in [-0.25, -0.2) is 4.18 Å². The van der Waals surface area contributed by atoms with Crippen LogP contribution in [0.3, 0.4) is 0 Å². The molecule has 7 heteroatoms. The largest absolute Gasteiger partial charge is 0.397 e. The molecule has 4 rings (SSSR count). The van der Waals surface area contributed by atoms with E-state index in [1.165, 1.54) is 32.1 Å². The van der Waals surface area contributed by atoms with Gasteiger partial charge in [0, 0.05) is 6.04 Å². The number of nitrogens with two attached hydrogens (primary N) is 1. The lowest BCUT2D eigenvalue weighted by Gasteiger charge is -2.62. The molecule has 4 aliphatic carbocycles. The zero-order valence-corrected chi connectivity index (χ0v) is 22.8. The van der Waals surface area contributed by atoms with Gasteiger partial charge in [-0.3, -0.25) is 4.55 Å². The van der Waals surface area contributed by atoms with Crippen LogP contribution in [0.25, 0.3) is 0 Å². The van der Waals surface area contributed by atoms with E-state index in [0.717, 1.165) is 25.7 Å². The van der Waals surface area contributed by atoms with Gasteiger partial charge in [0.25, 0.3) is 0 Å². The maximum absolute atomic E-state index is 11.4. The zero-order chi connectivity index (χ0) is 25.1. The van der Waals surface area contributed by atoms with Gasteiger partial charge in [-0.1, -0.05) is 34.6 Å². The molecule has 4 saturated carbocycles. The molecular formula is C27H49NO5S. The lowest BCUT2D eigenvalue weighted by atomic mass is 9.43. The van der Waals surface area contributed by atoms with Gasteiger partial charge < -0.3 is 10.8 Å². The highest BCUT2D eigenvalue weighted by atomic mass is 32.3. The molecule has 0 aromatic rings. The molecule has 4 aliphatic rings. The molecule has 34 heavy (non-hydrogen) atoms. The van der Waals surface area contributed by atoms with Crippen LogP contribution >= 0.6 is 0 Å². The Bertz CT molecular complexity index is 833. The highest BCUT2D eigenvalue weighted by Gasteiger charge is 2.62. The van der Waals surface area contributed by atoms with E-state index in [2.05, 4.69) is 20.8 Å². The fourth-order valence-electron chi connectivity index (χ4n) is 9.51. The molecule has 0 aliphatic heterocycles. The molecule has 198 valence electrons. The SMILES string of the molecule is CC(C)[C@@H](CC[C@@H](C)[C@H]1CCC2C3C(CC[C@@]21C)[C@@]1(C)CCC(N)C[C@@H]1C[C@H]3O)OS(=O)(=O)O. The van der Waals surface area contributed by atoms with E-state index in [9.17, 15) is 18.1 Å². The van der Waals surface area contributed by atoms with Crippen molar-refractivity contribution in [2.24, 2.45) is 58.0 Å². The average molecular weight is 500 g/mol. The van der Waals surface area contributed by atoms with Crippen molar-refractivity contribution in [3.05, 3.63) is 0 Å². The summed E-state index contributed by atoms with van der Waals surface area (Å²) in [4.78, 5) is 0. The smallest absolute Gasteiger partial charge is 0.393 e. The third kappa shape index (κ3) is 4.85. The molecule has 4 unspecified atom stereocenters. The normalized spacial score (nSPS) is 46.4. The first-order chi connectivity index (χ1) is 15.8. The van der Waals surface area contributed by atoms with Crippen LogP contribution in [0, 0.1) is 52.3 Å². The predicted octanol–water partition coefficient (Wildman–Crippen LogP) is 5.20. The van der Waals surface area contributed by atoms with Gasteiger partial charge in [0.05, 0.1) is 12.2 Å². The van der Waals surface area contributed by atoms with Gasteiger partial charge in [-0.15, -0.1) is 0 Å². The lowest BCUT2D eigenvalue weighted by Crippen LogP contribution is -2.59. The summed E-state index contributed by atoms with van der Waals surface area (Å²) in [7, 11) is -4.44. The molecule has 4 N–H and O–H groups in total. The maximum Gasteiger partial charge on any atom is 0.397 e. The van der Waals surface area contributed by atoms with Crippen molar-refractivity contribution in [3.8, 4) is 0 Å². The third-order valence-corrected chi connectivity index (χ3v) is 11.9. The summed E-state index contributed by atoms with van der Waals surface area (Å²) < 4.78 is 36.8. The Hall–Kier alpha value is -0.210. The van der Waals surface area contributed by atoms with Gasteiger partial charge >= 0.3 is 10.4 Å². The Labute approximate surface area is 207 Å². The van der Waals surface area contributed by atoms with E-state index in [4.69, 9.17) is 9.92 Å². The molecular weight excluding hydrogens is 450 g/mol. The van der Waals surface area contributed by atoms with Gasteiger partial charge in [0.1, 0.15) is 0 Å². The fraction of sp³-hybridized carbons (Fsp3) is 1.00. The molecule has 0 aromatic heterocycles. The summed E-state index contributed by atoms with van der Waals surface area (Å²) in [6, 6.07) is 0.298. The molecule has 0 spiro atoms. The number of aliphatic hydroxyl groups excluding tert-OH is 1. The van der Waals surface area contributed by atoms with Crippen molar-refractivity contribution in [1.82, 2.24) is 0 Å². The van der Waals surface area contributed by atoms with Gasteiger partial charge in [-0.05, 0) is 116 Å². The van der Waals surface area contributed by atoms with E-state index in [-0.39, 0.29) is 17.4 Å². The van der Waals surface area contributed by atoms with Crippen LogP contribution in [0.4, 0.5) is 0 Å². The molecule has 4 fully saturated rings. The average Bonchev–Trinajstić information content (AvgIpc) is 3.08. The van der Waals surface area contributed by atoms with E-state index in [1.54, 1.807) is 0 Å². The monoisotopic (exact) mass is 499 g/mol. The lowest BCUT2D eigenvalue weighted by molar-refractivity contribution is -0.166. The van der Waals surface area contributed by atoms with Crippen LogP contribution in [0.5, 0.6) is 0 Å². The zero-order valence-electron chi connectivity index (χ0n) is 21.9. The Balaban J connectivity index is 1.47. The molecule has 6 nitrogen and oxygen atoms in total. The highest BCUT2D eigenvalue weighted by Crippen LogP contribution is 2.68. The molecule has 11 atom stereocenters. The topological polar surface area (TPSA) is 110 Å². The summed E-state index contributed by atoms with van der Waals surface area (Å²) in [6.45, 7) is 11.2. The van der Waals surface area contributed by atoms with E-state index >= 15 is 0 Å². The second-order valence-corrected chi connectivity index (χ2v) is 14.5. The van der Waals surface area contributed by atoms with E-state index in [0.29, 0.717) is 53.4 Å². The van der Waals surface area contributed by atoms with Crippen LogP contribution in [-0.2, 0) is 14.6 Å². The van der Waals surface area contributed by atoms with Crippen molar-refractivity contribution in [2.45, 2.75) is 117 Å².